The van der Waals surface area contributed by atoms with Crippen LogP contribution >= 0.6 is 0 Å². The summed E-state index contributed by atoms with van der Waals surface area (Å²) in [6.07, 6.45) is 4.95. The molecule has 1 fully saturated rings. The van der Waals surface area contributed by atoms with Crippen LogP contribution in [0.1, 0.15) is 49.9 Å². The lowest BCUT2D eigenvalue weighted by Gasteiger charge is -2.26. The molecule has 1 aromatic carbocycles. The third-order valence-electron chi connectivity index (χ3n) is 4.19. The highest BCUT2D eigenvalue weighted by Crippen LogP contribution is 2.28. The Kier molecular flexibility index (Phi) is 7.89. The van der Waals surface area contributed by atoms with Crippen molar-refractivity contribution in [1.29, 1.82) is 0 Å². The summed E-state index contributed by atoms with van der Waals surface area (Å²) in [5.74, 6) is 1.25. The van der Waals surface area contributed by atoms with E-state index in [0.717, 1.165) is 13.0 Å². The first kappa shape index (κ1) is 18.6. The lowest BCUT2D eigenvalue weighted by atomic mass is 10.1. The Hall–Kier alpha value is -1.75. The van der Waals surface area contributed by atoms with Gasteiger partial charge in [-0.15, -0.1) is 0 Å². The fourth-order valence-electron chi connectivity index (χ4n) is 2.98. The highest BCUT2D eigenvalue weighted by molar-refractivity contribution is 5.94. The molecule has 0 bridgehead atoms. The van der Waals surface area contributed by atoms with Crippen LogP contribution in [0, 0.1) is 0 Å². The van der Waals surface area contributed by atoms with Gasteiger partial charge in [0.1, 0.15) is 0 Å². The molecule has 1 aromatic rings. The number of carbonyl (C=O) groups excluding carboxylic acids is 1. The predicted octanol–water partition coefficient (Wildman–Crippen LogP) is 3.09. The highest BCUT2D eigenvalue weighted by Gasteiger charge is 2.12. The van der Waals surface area contributed by atoms with Crippen LogP contribution in [0.4, 0.5) is 0 Å². The van der Waals surface area contributed by atoms with Crippen molar-refractivity contribution in [3.8, 4) is 11.5 Å². The summed E-state index contributed by atoms with van der Waals surface area (Å²) in [5, 5.41) is 3.00. The first-order valence-electron chi connectivity index (χ1n) is 9.14. The molecule has 1 aliphatic heterocycles. The Morgan fingerprint density at radius 1 is 1.08 bits per heavy atom. The zero-order valence-electron chi connectivity index (χ0n) is 15.0. The maximum atomic E-state index is 12.3. The van der Waals surface area contributed by atoms with Gasteiger partial charge in [-0.25, -0.2) is 0 Å². The lowest BCUT2D eigenvalue weighted by Crippen LogP contribution is -2.33. The number of amides is 1. The van der Waals surface area contributed by atoms with Crippen LogP contribution in [-0.4, -0.2) is 50.2 Å². The van der Waals surface area contributed by atoms with Gasteiger partial charge in [-0.1, -0.05) is 6.42 Å². The van der Waals surface area contributed by atoms with Crippen molar-refractivity contribution < 1.29 is 14.3 Å². The third kappa shape index (κ3) is 5.71. The number of hydrogen-bond donors (Lipinski definition) is 1. The molecular weight excluding hydrogens is 304 g/mol. The molecule has 0 spiro atoms. The molecule has 1 amide bonds. The van der Waals surface area contributed by atoms with Gasteiger partial charge < -0.3 is 19.7 Å². The number of carbonyl (C=O) groups is 1. The fraction of sp³-hybridized carbons (Fsp3) is 0.632. The molecule has 1 heterocycles. The molecule has 1 aliphatic rings. The molecule has 5 heteroatoms. The van der Waals surface area contributed by atoms with Crippen LogP contribution in [0.2, 0.25) is 0 Å². The van der Waals surface area contributed by atoms with Gasteiger partial charge in [0, 0.05) is 12.1 Å². The second-order valence-electron chi connectivity index (χ2n) is 6.04. The minimum absolute atomic E-state index is 0.0577. The summed E-state index contributed by atoms with van der Waals surface area (Å²) < 4.78 is 11.1. The van der Waals surface area contributed by atoms with Gasteiger partial charge >= 0.3 is 0 Å². The van der Waals surface area contributed by atoms with Crippen LogP contribution in [0.5, 0.6) is 11.5 Å². The van der Waals surface area contributed by atoms with Crippen LogP contribution in [0.3, 0.4) is 0 Å². The molecule has 0 unspecified atom stereocenters. The summed E-state index contributed by atoms with van der Waals surface area (Å²) in [6, 6.07) is 5.35. The van der Waals surface area contributed by atoms with E-state index in [1.165, 1.54) is 32.4 Å². The number of hydrogen-bond acceptors (Lipinski definition) is 4. The molecule has 0 radical (unpaired) electrons. The molecule has 0 aromatic heterocycles. The monoisotopic (exact) mass is 334 g/mol. The maximum absolute atomic E-state index is 12.3. The number of nitrogens with zero attached hydrogens (tertiary/aromatic N) is 1. The van der Waals surface area contributed by atoms with E-state index in [2.05, 4.69) is 10.2 Å². The van der Waals surface area contributed by atoms with Gasteiger partial charge in [-0.2, -0.15) is 0 Å². The number of nitrogens with one attached hydrogen (secondary N) is 1. The largest absolute Gasteiger partial charge is 0.490 e. The van der Waals surface area contributed by atoms with E-state index < -0.39 is 0 Å². The van der Waals surface area contributed by atoms with Gasteiger partial charge in [0.2, 0.25) is 0 Å². The molecule has 0 aliphatic carbocycles. The molecule has 1 saturated heterocycles. The van der Waals surface area contributed by atoms with Crippen molar-refractivity contribution in [1.82, 2.24) is 10.2 Å². The zero-order chi connectivity index (χ0) is 17.2. The Bertz CT molecular complexity index is 513. The van der Waals surface area contributed by atoms with Gasteiger partial charge in [0.25, 0.3) is 5.91 Å². The summed E-state index contributed by atoms with van der Waals surface area (Å²) in [4.78, 5) is 14.8. The standard InChI is InChI=1S/C19H30N2O3/c1-3-23-17-10-9-16(15-18(17)24-4-2)19(22)20-11-8-14-21-12-6-5-7-13-21/h9-10,15H,3-8,11-14H2,1-2H3,(H,20,22). The van der Waals surface area contributed by atoms with Gasteiger partial charge in [-0.05, 0) is 70.9 Å². The Morgan fingerprint density at radius 3 is 2.50 bits per heavy atom. The quantitative estimate of drug-likeness (QED) is 0.705. The topological polar surface area (TPSA) is 50.8 Å². The molecule has 5 nitrogen and oxygen atoms in total. The molecule has 0 atom stereocenters. The van der Waals surface area contributed by atoms with Crippen molar-refractivity contribution in [2.45, 2.75) is 39.5 Å². The normalized spacial score (nSPS) is 15.1. The molecular formula is C19H30N2O3. The van der Waals surface area contributed by atoms with Crippen molar-refractivity contribution in [2.75, 3.05) is 39.4 Å². The third-order valence-corrected chi connectivity index (χ3v) is 4.19. The smallest absolute Gasteiger partial charge is 0.251 e. The number of rotatable bonds is 9. The minimum atomic E-state index is -0.0577. The van der Waals surface area contributed by atoms with Crippen molar-refractivity contribution in [3.63, 3.8) is 0 Å². The average molecular weight is 334 g/mol. The van der Waals surface area contributed by atoms with E-state index in [4.69, 9.17) is 9.47 Å². The fourth-order valence-corrected chi connectivity index (χ4v) is 2.98. The Morgan fingerprint density at radius 2 is 1.79 bits per heavy atom. The van der Waals surface area contributed by atoms with E-state index >= 15 is 0 Å². The van der Waals surface area contributed by atoms with Crippen molar-refractivity contribution in [3.05, 3.63) is 23.8 Å². The average Bonchev–Trinajstić information content (AvgIpc) is 2.61. The summed E-state index contributed by atoms with van der Waals surface area (Å²) >= 11 is 0. The van der Waals surface area contributed by atoms with E-state index in [1.807, 2.05) is 13.8 Å². The van der Waals surface area contributed by atoms with Gasteiger partial charge in [0.15, 0.2) is 11.5 Å². The summed E-state index contributed by atoms with van der Waals surface area (Å²) in [6.45, 7) is 9.13. The highest BCUT2D eigenvalue weighted by atomic mass is 16.5. The van der Waals surface area contributed by atoms with Crippen molar-refractivity contribution in [2.24, 2.45) is 0 Å². The van der Waals surface area contributed by atoms with Crippen LogP contribution in [0.15, 0.2) is 18.2 Å². The van der Waals surface area contributed by atoms with E-state index in [-0.39, 0.29) is 5.91 Å². The second-order valence-corrected chi connectivity index (χ2v) is 6.04. The van der Waals surface area contributed by atoms with Gasteiger partial charge in [0.05, 0.1) is 13.2 Å². The van der Waals surface area contributed by atoms with E-state index in [9.17, 15) is 4.79 Å². The van der Waals surface area contributed by atoms with Crippen LogP contribution in [-0.2, 0) is 0 Å². The van der Waals surface area contributed by atoms with Crippen LogP contribution < -0.4 is 14.8 Å². The number of ether oxygens (including phenoxy) is 2. The first-order valence-corrected chi connectivity index (χ1v) is 9.14. The zero-order valence-corrected chi connectivity index (χ0v) is 15.0. The van der Waals surface area contributed by atoms with E-state index in [0.29, 0.717) is 36.8 Å². The summed E-state index contributed by atoms with van der Waals surface area (Å²) in [5.41, 5.74) is 0.611. The second kappa shape index (κ2) is 10.2. The lowest BCUT2D eigenvalue weighted by molar-refractivity contribution is 0.0950. The summed E-state index contributed by atoms with van der Waals surface area (Å²) in [7, 11) is 0. The Balaban J connectivity index is 1.81. The molecule has 0 saturated carbocycles. The maximum Gasteiger partial charge on any atom is 0.251 e. The number of piperidine rings is 1. The molecule has 1 N–H and O–H groups in total. The SMILES string of the molecule is CCOc1ccc(C(=O)NCCCN2CCCCC2)cc1OCC. The van der Waals surface area contributed by atoms with Gasteiger partial charge in [-0.3, -0.25) is 4.79 Å². The van der Waals surface area contributed by atoms with Crippen molar-refractivity contribution >= 4 is 5.91 Å². The van der Waals surface area contributed by atoms with Crippen LogP contribution in [0.25, 0.3) is 0 Å². The number of benzene rings is 1. The molecule has 24 heavy (non-hydrogen) atoms. The minimum Gasteiger partial charge on any atom is -0.490 e. The first-order chi connectivity index (χ1) is 11.7. The number of likely N-dealkylation sites (tertiary alicyclic amines) is 1. The Labute approximate surface area is 145 Å². The van der Waals surface area contributed by atoms with E-state index in [1.54, 1.807) is 18.2 Å². The molecule has 2 rings (SSSR count). The molecule has 134 valence electrons. The predicted molar refractivity (Wildman–Crippen MR) is 96.0 cm³/mol.